The highest BCUT2D eigenvalue weighted by Gasteiger charge is 2.52. The normalized spacial score (nSPS) is 26.3. The molecule has 1 atom stereocenters. The number of carbonyl (C=O) groups is 1. The van der Waals surface area contributed by atoms with Gasteiger partial charge in [0.2, 0.25) is 0 Å². The van der Waals surface area contributed by atoms with Crippen LogP contribution in [0.5, 0.6) is 0 Å². The smallest absolute Gasteiger partial charge is 0.168 e. The third-order valence-electron chi connectivity index (χ3n) is 6.16. The lowest BCUT2D eigenvalue weighted by Crippen LogP contribution is -2.58. The Morgan fingerprint density at radius 2 is 1.77 bits per heavy atom. The number of ketones is 1. The van der Waals surface area contributed by atoms with Crippen molar-refractivity contribution in [3.05, 3.63) is 71.6 Å². The number of pyridine rings is 1. The molecule has 4 rings (SSSR count). The number of carbonyl (C=O) groups excluding carboxylic acids is 1. The van der Waals surface area contributed by atoms with Gasteiger partial charge in [0, 0.05) is 49.9 Å². The number of likely N-dealkylation sites (tertiary alicyclic amines) is 1. The van der Waals surface area contributed by atoms with E-state index in [1.807, 2.05) is 30.3 Å². The number of ether oxygens (including phenoxy) is 1. The van der Waals surface area contributed by atoms with Crippen molar-refractivity contribution in [2.24, 2.45) is 5.41 Å². The van der Waals surface area contributed by atoms with Crippen LogP contribution in [-0.2, 0) is 13.1 Å². The molecule has 1 aromatic carbocycles. The van der Waals surface area contributed by atoms with E-state index >= 15 is 0 Å². The molecule has 1 unspecified atom stereocenters. The first kappa shape index (κ1) is 22.6. The molecule has 0 amide bonds. The van der Waals surface area contributed by atoms with E-state index in [1.165, 1.54) is 0 Å². The summed E-state index contributed by atoms with van der Waals surface area (Å²) in [4.78, 5) is 23.2. The first-order valence-electron chi connectivity index (χ1n) is 10.9. The molecular formula is C25H30IN3O2. The zero-order valence-electron chi connectivity index (χ0n) is 18.3. The highest BCUT2D eigenvalue weighted by Crippen LogP contribution is 2.50. The second-order valence-electron chi connectivity index (χ2n) is 8.89. The maximum atomic E-state index is 13.7. The molecule has 1 aromatic heterocycles. The number of aromatic nitrogens is 1. The van der Waals surface area contributed by atoms with Gasteiger partial charge >= 0.3 is 0 Å². The number of morpholine rings is 1. The molecule has 0 aliphatic carbocycles. The van der Waals surface area contributed by atoms with Crippen molar-refractivity contribution in [2.45, 2.75) is 17.4 Å². The van der Waals surface area contributed by atoms with Gasteiger partial charge in [-0.2, -0.15) is 0 Å². The number of hydrogen-bond acceptors (Lipinski definition) is 5. The molecule has 5 nitrogen and oxygen atoms in total. The van der Waals surface area contributed by atoms with Crippen molar-refractivity contribution in [1.29, 1.82) is 0 Å². The van der Waals surface area contributed by atoms with E-state index in [2.05, 4.69) is 75.5 Å². The van der Waals surface area contributed by atoms with Crippen molar-refractivity contribution < 1.29 is 9.53 Å². The van der Waals surface area contributed by atoms with Gasteiger partial charge in [0.1, 0.15) is 3.55 Å². The van der Waals surface area contributed by atoms with Gasteiger partial charge in [0.15, 0.2) is 5.78 Å². The average molecular weight is 531 g/mol. The van der Waals surface area contributed by atoms with E-state index in [4.69, 9.17) is 4.74 Å². The van der Waals surface area contributed by atoms with E-state index in [0.29, 0.717) is 6.54 Å². The summed E-state index contributed by atoms with van der Waals surface area (Å²) < 4.78 is 4.97. The molecule has 6 heteroatoms. The van der Waals surface area contributed by atoms with Crippen LogP contribution in [0, 0.1) is 5.41 Å². The topological polar surface area (TPSA) is 45.7 Å². The van der Waals surface area contributed by atoms with Gasteiger partial charge in [-0.05, 0) is 23.8 Å². The van der Waals surface area contributed by atoms with Crippen LogP contribution in [0.25, 0.3) is 6.08 Å². The summed E-state index contributed by atoms with van der Waals surface area (Å²) in [6.07, 6.45) is 3.77. The van der Waals surface area contributed by atoms with Crippen molar-refractivity contribution in [2.75, 3.05) is 45.9 Å². The van der Waals surface area contributed by atoms with Gasteiger partial charge in [0.05, 0.1) is 18.9 Å². The number of benzene rings is 1. The Labute approximate surface area is 198 Å². The molecule has 2 aliphatic heterocycles. The summed E-state index contributed by atoms with van der Waals surface area (Å²) in [6, 6.07) is 16.2. The number of halogens is 1. The molecule has 0 saturated carbocycles. The predicted molar refractivity (Wildman–Crippen MR) is 132 cm³/mol. The fourth-order valence-corrected chi connectivity index (χ4v) is 5.60. The van der Waals surface area contributed by atoms with E-state index in [-0.39, 0.29) is 5.78 Å². The van der Waals surface area contributed by atoms with E-state index in [9.17, 15) is 4.79 Å². The maximum absolute atomic E-state index is 13.7. The van der Waals surface area contributed by atoms with Crippen LogP contribution >= 0.6 is 22.6 Å². The molecular weight excluding hydrogens is 501 g/mol. The Morgan fingerprint density at radius 3 is 2.45 bits per heavy atom. The Hall–Kier alpha value is -1.61. The molecule has 164 valence electrons. The minimum Gasteiger partial charge on any atom is -0.379 e. The molecule has 0 N–H and O–H groups in total. The standard InChI is InChI=1S/C25H30IN3O2/c1-24(2)19-29(13-12-28-14-16-31-17-15-28)25(26,20-8-4-3-5-9-20)22(23(24)30)18-21-10-6-7-11-27-21/h3-11,18H,12-17,19H2,1-2H3. The van der Waals surface area contributed by atoms with Gasteiger partial charge < -0.3 is 4.74 Å². The van der Waals surface area contributed by atoms with Crippen LogP contribution in [0.1, 0.15) is 25.1 Å². The highest BCUT2D eigenvalue weighted by atomic mass is 127. The third kappa shape index (κ3) is 4.77. The van der Waals surface area contributed by atoms with E-state index in [1.54, 1.807) is 6.20 Å². The summed E-state index contributed by atoms with van der Waals surface area (Å²) in [7, 11) is 0. The lowest BCUT2D eigenvalue weighted by Gasteiger charge is -2.50. The zero-order chi connectivity index (χ0) is 21.9. The molecule has 31 heavy (non-hydrogen) atoms. The lowest BCUT2D eigenvalue weighted by atomic mass is 9.74. The summed E-state index contributed by atoms with van der Waals surface area (Å²) in [5, 5.41) is 0. The fraction of sp³-hybridized carbons (Fsp3) is 0.440. The first-order chi connectivity index (χ1) is 14.9. The SMILES string of the molecule is CC1(C)CN(CCN2CCOCC2)C(I)(c2ccccc2)C(=Cc2ccccn2)C1=O. The first-order valence-corrected chi connectivity index (χ1v) is 12.0. The molecule has 2 saturated heterocycles. The number of piperidine rings is 1. The molecule has 2 aliphatic rings. The predicted octanol–water partition coefficient (Wildman–Crippen LogP) is 4.00. The van der Waals surface area contributed by atoms with Crippen LogP contribution in [0.2, 0.25) is 0 Å². The second kappa shape index (κ2) is 9.48. The maximum Gasteiger partial charge on any atom is 0.168 e. The molecule has 0 radical (unpaired) electrons. The summed E-state index contributed by atoms with van der Waals surface area (Å²) in [6.45, 7) is 10.2. The summed E-state index contributed by atoms with van der Waals surface area (Å²) in [5.74, 6) is 0.194. The van der Waals surface area contributed by atoms with Crippen molar-refractivity contribution >= 4 is 34.5 Å². The highest BCUT2D eigenvalue weighted by molar-refractivity contribution is 14.1. The largest absolute Gasteiger partial charge is 0.379 e. The molecule has 3 heterocycles. The molecule has 2 aromatic rings. The van der Waals surface area contributed by atoms with E-state index < -0.39 is 8.96 Å². The van der Waals surface area contributed by atoms with Gasteiger partial charge in [-0.25, -0.2) is 0 Å². The van der Waals surface area contributed by atoms with Crippen LogP contribution in [0.15, 0.2) is 60.3 Å². The van der Waals surface area contributed by atoms with E-state index in [0.717, 1.165) is 56.2 Å². The monoisotopic (exact) mass is 531 g/mol. The van der Waals surface area contributed by atoms with Gasteiger partial charge in [-0.3, -0.25) is 19.6 Å². The van der Waals surface area contributed by atoms with Crippen LogP contribution in [-0.4, -0.2) is 66.5 Å². The van der Waals surface area contributed by atoms with Crippen LogP contribution in [0.3, 0.4) is 0 Å². The molecule has 0 bridgehead atoms. The minimum absolute atomic E-state index is 0.194. The fourth-order valence-electron chi connectivity index (χ4n) is 4.43. The molecule has 0 spiro atoms. The number of hydrogen-bond donors (Lipinski definition) is 0. The minimum atomic E-state index is -0.546. The third-order valence-corrected chi connectivity index (χ3v) is 8.05. The van der Waals surface area contributed by atoms with Gasteiger partial charge in [-0.15, -0.1) is 0 Å². The van der Waals surface area contributed by atoms with Crippen LogP contribution < -0.4 is 0 Å². The average Bonchev–Trinajstić information content (AvgIpc) is 2.80. The zero-order valence-corrected chi connectivity index (χ0v) is 20.4. The number of alkyl halides is 1. The van der Waals surface area contributed by atoms with Gasteiger partial charge in [-0.1, -0.05) is 72.8 Å². The molecule has 2 fully saturated rings. The lowest BCUT2D eigenvalue weighted by molar-refractivity contribution is -0.128. The Bertz CT molecular complexity index is 926. The van der Waals surface area contributed by atoms with Crippen molar-refractivity contribution in [3.8, 4) is 0 Å². The Kier molecular flexibility index (Phi) is 6.91. The Morgan fingerprint density at radius 1 is 1.06 bits per heavy atom. The quantitative estimate of drug-likeness (QED) is 0.253. The number of nitrogens with zero attached hydrogens (tertiary/aromatic N) is 3. The van der Waals surface area contributed by atoms with Crippen molar-refractivity contribution in [1.82, 2.24) is 14.8 Å². The summed E-state index contributed by atoms with van der Waals surface area (Å²) in [5.41, 5.74) is 2.28. The second-order valence-corrected chi connectivity index (χ2v) is 10.5. The number of rotatable bonds is 5. The number of Topliss-reactive ketones (excluding diaryl/α,β-unsaturated/α-hetero) is 1. The van der Waals surface area contributed by atoms with Gasteiger partial charge in [0.25, 0.3) is 0 Å². The van der Waals surface area contributed by atoms with Crippen LogP contribution in [0.4, 0.5) is 0 Å². The Balaban J connectivity index is 1.76. The van der Waals surface area contributed by atoms with Crippen molar-refractivity contribution in [3.63, 3.8) is 0 Å². The summed E-state index contributed by atoms with van der Waals surface area (Å²) >= 11 is 2.50.